The minimum atomic E-state index is -0.261. The third-order valence-corrected chi connectivity index (χ3v) is 6.43. The SMILES string of the molecule is O=C(Nc1ccsc1C(=O)N1CCN(CCOc2ccccc2Cl)CC1)c1ccncc1. The molecule has 0 saturated carbocycles. The van der Waals surface area contributed by atoms with E-state index in [0.29, 0.717) is 46.6 Å². The molecule has 7 nitrogen and oxygen atoms in total. The van der Waals surface area contributed by atoms with Crippen LogP contribution in [0.1, 0.15) is 20.0 Å². The molecule has 0 bridgehead atoms. The number of hydrogen-bond donors (Lipinski definition) is 1. The molecule has 2 amide bonds. The maximum Gasteiger partial charge on any atom is 0.266 e. The minimum Gasteiger partial charge on any atom is -0.491 e. The van der Waals surface area contributed by atoms with Gasteiger partial charge in [-0.2, -0.15) is 0 Å². The van der Waals surface area contributed by atoms with Crippen molar-refractivity contribution in [1.82, 2.24) is 14.8 Å². The quantitative estimate of drug-likeness (QED) is 0.567. The molecule has 2 aromatic heterocycles. The third kappa shape index (κ3) is 5.45. The van der Waals surface area contributed by atoms with Gasteiger partial charge in [-0.3, -0.25) is 19.5 Å². The van der Waals surface area contributed by atoms with Gasteiger partial charge >= 0.3 is 0 Å². The van der Waals surface area contributed by atoms with E-state index in [-0.39, 0.29) is 11.8 Å². The Bertz CT molecular complexity index is 1070. The molecule has 1 fully saturated rings. The number of pyridine rings is 1. The van der Waals surface area contributed by atoms with Crippen LogP contribution < -0.4 is 10.1 Å². The molecule has 166 valence electrons. The number of ether oxygens (including phenoxy) is 1. The molecule has 9 heteroatoms. The maximum absolute atomic E-state index is 13.1. The summed E-state index contributed by atoms with van der Waals surface area (Å²) in [7, 11) is 0. The summed E-state index contributed by atoms with van der Waals surface area (Å²) in [4.78, 5) is 34.1. The van der Waals surface area contributed by atoms with Gasteiger partial charge in [0.05, 0.1) is 10.7 Å². The van der Waals surface area contributed by atoms with Gasteiger partial charge in [0, 0.05) is 50.7 Å². The van der Waals surface area contributed by atoms with Gasteiger partial charge in [-0.1, -0.05) is 23.7 Å². The van der Waals surface area contributed by atoms with E-state index in [4.69, 9.17) is 16.3 Å². The number of carbonyl (C=O) groups excluding carboxylic acids is 2. The van der Waals surface area contributed by atoms with E-state index in [1.807, 2.05) is 28.5 Å². The average molecular weight is 471 g/mol. The van der Waals surface area contributed by atoms with Crippen LogP contribution in [-0.2, 0) is 0 Å². The van der Waals surface area contributed by atoms with Crippen molar-refractivity contribution in [3.05, 3.63) is 75.7 Å². The molecule has 32 heavy (non-hydrogen) atoms. The number of para-hydroxylation sites is 1. The van der Waals surface area contributed by atoms with Crippen LogP contribution >= 0.6 is 22.9 Å². The van der Waals surface area contributed by atoms with E-state index < -0.39 is 0 Å². The molecule has 4 rings (SSSR count). The van der Waals surface area contributed by atoms with Crippen molar-refractivity contribution in [2.75, 3.05) is 44.6 Å². The Kier molecular flexibility index (Phi) is 7.36. The molecule has 1 aliphatic heterocycles. The minimum absolute atomic E-state index is 0.0583. The number of hydrogen-bond acceptors (Lipinski definition) is 6. The van der Waals surface area contributed by atoms with Crippen LogP contribution in [-0.4, -0.2) is 65.9 Å². The highest BCUT2D eigenvalue weighted by molar-refractivity contribution is 7.12. The normalized spacial score (nSPS) is 14.2. The van der Waals surface area contributed by atoms with Gasteiger partial charge in [0.1, 0.15) is 17.2 Å². The number of carbonyl (C=O) groups is 2. The lowest BCUT2D eigenvalue weighted by Gasteiger charge is -2.34. The monoisotopic (exact) mass is 470 g/mol. The fourth-order valence-electron chi connectivity index (χ4n) is 3.44. The first kappa shape index (κ1) is 22.3. The number of thiophene rings is 1. The first-order valence-electron chi connectivity index (χ1n) is 10.3. The van der Waals surface area contributed by atoms with Crippen molar-refractivity contribution in [2.24, 2.45) is 0 Å². The fraction of sp³-hybridized carbons (Fsp3) is 0.261. The molecule has 0 radical (unpaired) electrons. The Morgan fingerprint density at radius 3 is 2.56 bits per heavy atom. The summed E-state index contributed by atoms with van der Waals surface area (Å²) in [5, 5.41) is 5.26. The largest absolute Gasteiger partial charge is 0.491 e. The van der Waals surface area contributed by atoms with Gasteiger partial charge in [-0.25, -0.2) is 0 Å². The lowest BCUT2D eigenvalue weighted by molar-refractivity contribution is 0.0626. The molecule has 1 aliphatic rings. The van der Waals surface area contributed by atoms with E-state index in [0.717, 1.165) is 19.6 Å². The lowest BCUT2D eigenvalue weighted by atomic mass is 10.2. The van der Waals surface area contributed by atoms with Crippen molar-refractivity contribution in [1.29, 1.82) is 0 Å². The Balaban J connectivity index is 1.27. The summed E-state index contributed by atoms with van der Waals surface area (Å²) in [6, 6.07) is 12.5. The zero-order valence-corrected chi connectivity index (χ0v) is 18.9. The number of amides is 2. The van der Waals surface area contributed by atoms with Crippen molar-refractivity contribution < 1.29 is 14.3 Å². The molecule has 3 heterocycles. The van der Waals surface area contributed by atoms with Crippen LogP contribution in [0.2, 0.25) is 5.02 Å². The van der Waals surface area contributed by atoms with Crippen molar-refractivity contribution in [2.45, 2.75) is 0 Å². The van der Waals surface area contributed by atoms with E-state index in [1.54, 1.807) is 36.7 Å². The van der Waals surface area contributed by atoms with Gasteiger partial charge in [0.2, 0.25) is 0 Å². The second-order valence-electron chi connectivity index (χ2n) is 7.27. The molecule has 3 aromatic rings. The lowest BCUT2D eigenvalue weighted by Crippen LogP contribution is -2.49. The number of nitrogens with one attached hydrogen (secondary N) is 1. The topological polar surface area (TPSA) is 74.8 Å². The number of benzene rings is 1. The van der Waals surface area contributed by atoms with E-state index in [9.17, 15) is 9.59 Å². The zero-order valence-electron chi connectivity index (χ0n) is 17.4. The van der Waals surface area contributed by atoms with Gasteiger partial charge in [0.25, 0.3) is 11.8 Å². The molecule has 1 N–H and O–H groups in total. The molecule has 0 unspecified atom stereocenters. The maximum atomic E-state index is 13.1. The highest BCUT2D eigenvalue weighted by Gasteiger charge is 2.25. The average Bonchev–Trinajstić information content (AvgIpc) is 3.29. The van der Waals surface area contributed by atoms with E-state index in [1.165, 1.54) is 11.3 Å². The predicted octanol–water partition coefficient (Wildman–Crippen LogP) is 3.89. The summed E-state index contributed by atoms with van der Waals surface area (Å²) < 4.78 is 5.77. The van der Waals surface area contributed by atoms with E-state index in [2.05, 4.69) is 15.2 Å². The van der Waals surface area contributed by atoms with Crippen LogP contribution in [0.25, 0.3) is 0 Å². The van der Waals surface area contributed by atoms with Gasteiger partial charge in [0.15, 0.2) is 0 Å². The van der Waals surface area contributed by atoms with Gasteiger partial charge in [-0.15, -0.1) is 11.3 Å². The summed E-state index contributed by atoms with van der Waals surface area (Å²) in [5.74, 6) is 0.363. The highest BCUT2D eigenvalue weighted by atomic mass is 35.5. The van der Waals surface area contributed by atoms with Crippen molar-refractivity contribution in [3.63, 3.8) is 0 Å². The van der Waals surface area contributed by atoms with E-state index >= 15 is 0 Å². The van der Waals surface area contributed by atoms with Gasteiger partial charge < -0.3 is 15.0 Å². The van der Waals surface area contributed by atoms with Crippen LogP contribution in [0.3, 0.4) is 0 Å². The number of halogens is 1. The first-order chi connectivity index (χ1) is 15.6. The number of rotatable bonds is 7. The fourth-order valence-corrected chi connectivity index (χ4v) is 4.44. The van der Waals surface area contributed by atoms with Crippen molar-refractivity contribution >= 4 is 40.4 Å². The summed E-state index contributed by atoms with van der Waals surface area (Å²) in [5.41, 5.74) is 1.04. The van der Waals surface area contributed by atoms with Crippen LogP contribution in [0.15, 0.2) is 60.2 Å². The van der Waals surface area contributed by atoms with Crippen molar-refractivity contribution in [3.8, 4) is 5.75 Å². The first-order valence-corrected chi connectivity index (χ1v) is 11.6. The Hall–Kier alpha value is -2.94. The van der Waals surface area contributed by atoms with Crippen LogP contribution in [0, 0.1) is 0 Å². The van der Waals surface area contributed by atoms with Crippen LogP contribution in [0.5, 0.6) is 5.75 Å². The molecule has 1 saturated heterocycles. The molecular weight excluding hydrogens is 448 g/mol. The standard InChI is InChI=1S/C23H23ClN4O3S/c24-18-3-1-2-4-20(18)31-15-14-27-10-12-28(13-11-27)23(30)21-19(7-16-32-21)26-22(29)17-5-8-25-9-6-17/h1-9,16H,10-15H2,(H,26,29). The number of piperazine rings is 1. The summed E-state index contributed by atoms with van der Waals surface area (Å²) in [6.45, 7) is 4.08. The number of nitrogens with zero attached hydrogens (tertiary/aromatic N) is 3. The smallest absolute Gasteiger partial charge is 0.266 e. The second-order valence-corrected chi connectivity index (χ2v) is 8.59. The second kappa shape index (κ2) is 10.6. The molecular formula is C23H23ClN4O3S. The molecule has 1 aromatic carbocycles. The molecule has 0 atom stereocenters. The molecule has 0 spiro atoms. The highest BCUT2D eigenvalue weighted by Crippen LogP contribution is 2.26. The summed E-state index contributed by atoms with van der Waals surface area (Å²) >= 11 is 7.45. The Morgan fingerprint density at radius 2 is 1.81 bits per heavy atom. The Morgan fingerprint density at radius 1 is 1.06 bits per heavy atom. The predicted molar refractivity (Wildman–Crippen MR) is 126 cm³/mol. The van der Waals surface area contributed by atoms with Gasteiger partial charge in [-0.05, 0) is 35.7 Å². The molecule has 0 aliphatic carbocycles. The number of anilines is 1. The third-order valence-electron chi connectivity index (χ3n) is 5.21. The zero-order chi connectivity index (χ0) is 22.3. The number of aromatic nitrogens is 1. The Labute approximate surface area is 195 Å². The van der Waals surface area contributed by atoms with Crippen LogP contribution in [0.4, 0.5) is 5.69 Å². The summed E-state index contributed by atoms with van der Waals surface area (Å²) in [6.07, 6.45) is 3.13.